The first kappa shape index (κ1) is 16.9. The summed E-state index contributed by atoms with van der Waals surface area (Å²) in [6.45, 7) is 1.49. The van der Waals surface area contributed by atoms with Crippen molar-refractivity contribution in [1.29, 1.82) is 0 Å². The number of benzene rings is 1. The monoisotopic (exact) mass is 351 g/mol. The van der Waals surface area contributed by atoms with Gasteiger partial charge < -0.3 is 15.8 Å². The van der Waals surface area contributed by atoms with Crippen LogP contribution in [-0.2, 0) is 19.6 Å². The number of amides is 1. The van der Waals surface area contributed by atoms with E-state index in [4.69, 9.17) is 10.5 Å². The summed E-state index contributed by atoms with van der Waals surface area (Å²) in [5, 5.41) is 3.03. The van der Waals surface area contributed by atoms with E-state index in [1.165, 1.54) is 6.07 Å². The van der Waals surface area contributed by atoms with Crippen molar-refractivity contribution in [3.05, 3.63) is 36.4 Å². The number of anilines is 1. The molecule has 0 aromatic heterocycles. The lowest BCUT2D eigenvalue weighted by Gasteiger charge is -2.15. The third kappa shape index (κ3) is 3.45. The Morgan fingerprint density at radius 1 is 1.25 bits per heavy atom. The second-order valence-corrected chi connectivity index (χ2v) is 7.69. The molecular formula is C16H21N3O4S. The van der Waals surface area contributed by atoms with Gasteiger partial charge in [-0.1, -0.05) is 24.3 Å². The van der Waals surface area contributed by atoms with E-state index in [1.54, 1.807) is 18.2 Å². The largest absolute Gasteiger partial charge is 0.382 e. The topological polar surface area (TPSA) is 111 Å². The quantitative estimate of drug-likeness (QED) is 0.590. The molecule has 1 aliphatic carbocycles. The maximum Gasteiger partial charge on any atom is 0.266 e. The number of ether oxygens (including phenoxy) is 1. The fourth-order valence-electron chi connectivity index (χ4n) is 2.70. The van der Waals surface area contributed by atoms with Crippen LogP contribution in [0.2, 0.25) is 0 Å². The Morgan fingerprint density at radius 3 is 2.88 bits per heavy atom. The Hall–Kier alpha value is -1.90. The van der Waals surface area contributed by atoms with Gasteiger partial charge >= 0.3 is 0 Å². The highest BCUT2D eigenvalue weighted by molar-refractivity contribution is 7.90. The zero-order valence-electron chi connectivity index (χ0n) is 13.2. The summed E-state index contributed by atoms with van der Waals surface area (Å²) in [5.74, 6) is -0.815. The van der Waals surface area contributed by atoms with Gasteiger partial charge in [-0.3, -0.25) is 4.79 Å². The van der Waals surface area contributed by atoms with Crippen molar-refractivity contribution >= 4 is 21.6 Å². The maximum atomic E-state index is 12.6. The zero-order valence-corrected chi connectivity index (χ0v) is 14.0. The van der Waals surface area contributed by atoms with E-state index in [0.717, 1.165) is 6.42 Å². The van der Waals surface area contributed by atoms with E-state index >= 15 is 0 Å². The van der Waals surface area contributed by atoms with Crippen LogP contribution >= 0.6 is 0 Å². The molecule has 4 N–H and O–H groups in total. The van der Waals surface area contributed by atoms with Crippen LogP contribution in [-0.4, -0.2) is 39.6 Å². The normalized spacial score (nSPS) is 31.2. The Balaban J connectivity index is 1.89. The Morgan fingerprint density at radius 2 is 2.04 bits per heavy atom. The average Bonchev–Trinajstić information content (AvgIpc) is 3.21. The Kier molecular flexibility index (Phi) is 4.62. The van der Waals surface area contributed by atoms with Gasteiger partial charge in [-0.05, 0) is 25.0 Å². The molecule has 1 fully saturated rings. The number of fused-ring (bicyclic) bond motifs is 2. The number of hydrogen-bond donors (Lipinski definition) is 3. The van der Waals surface area contributed by atoms with E-state index in [2.05, 4.69) is 10.0 Å². The highest BCUT2D eigenvalue weighted by Crippen LogP contribution is 2.42. The van der Waals surface area contributed by atoms with Crippen molar-refractivity contribution in [3.8, 4) is 0 Å². The van der Waals surface area contributed by atoms with Crippen LogP contribution < -0.4 is 15.8 Å². The minimum atomic E-state index is -4.00. The summed E-state index contributed by atoms with van der Waals surface area (Å²) in [5.41, 5.74) is 5.31. The van der Waals surface area contributed by atoms with Crippen LogP contribution in [0.4, 0.5) is 5.69 Å². The first-order valence-corrected chi connectivity index (χ1v) is 9.35. The highest BCUT2D eigenvalue weighted by Gasteiger charge is 2.56. The molecule has 8 heteroatoms. The molecule has 3 rings (SSSR count). The Bertz CT molecular complexity index is 762. The minimum absolute atomic E-state index is 0.0181. The maximum absolute atomic E-state index is 12.6. The minimum Gasteiger partial charge on any atom is -0.382 e. The molecule has 0 bridgehead atoms. The number of para-hydroxylation sites is 1. The summed E-state index contributed by atoms with van der Waals surface area (Å²) >= 11 is 0. The summed E-state index contributed by atoms with van der Waals surface area (Å²) in [6.07, 6.45) is 4.94. The summed E-state index contributed by atoms with van der Waals surface area (Å²) < 4.78 is 32.8. The van der Waals surface area contributed by atoms with Crippen LogP contribution in [0.1, 0.15) is 12.8 Å². The van der Waals surface area contributed by atoms with Gasteiger partial charge in [0.2, 0.25) is 0 Å². The number of carbonyl (C=O) groups excluding carboxylic acids is 1. The van der Waals surface area contributed by atoms with Crippen LogP contribution in [0.15, 0.2) is 41.3 Å². The van der Waals surface area contributed by atoms with Gasteiger partial charge in [0.1, 0.15) is 10.4 Å². The standard InChI is InChI=1S/C16H21N3O4S/c17-16-11-12(16)5-3-4-9-23-10-8-18-13-6-1-2-7-14(13)24(21,22)19-15(16)20/h1-3,5-7,12,18H,4,8-11,17H2,(H,19,20)/b5-3-/t12-,16+/m0/s1. The van der Waals surface area contributed by atoms with Crippen molar-refractivity contribution in [2.24, 2.45) is 11.7 Å². The lowest BCUT2D eigenvalue weighted by molar-refractivity contribution is -0.121. The smallest absolute Gasteiger partial charge is 0.266 e. The van der Waals surface area contributed by atoms with Gasteiger partial charge in [-0.15, -0.1) is 0 Å². The Labute approximate surface area is 141 Å². The van der Waals surface area contributed by atoms with Crippen molar-refractivity contribution < 1.29 is 17.9 Å². The fourth-order valence-corrected chi connectivity index (χ4v) is 3.93. The predicted octanol–water partition coefficient (Wildman–Crippen LogP) is 0.597. The third-order valence-electron chi connectivity index (χ3n) is 4.24. The first-order valence-electron chi connectivity index (χ1n) is 7.87. The molecule has 1 aliphatic heterocycles. The lowest BCUT2D eigenvalue weighted by Crippen LogP contribution is -2.46. The molecule has 0 saturated heterocycles. The predicted molar refractivity (Wildman–Crippen MR) is 89.9 cm³/mol. The lowest BCUT2D eigenvalue weighted by atomic mass is 10.2. The molecule has 1 aromatic rings. The van der Waals surface area contributed by atoms with E-state index in [0.29, 0.717) is 31.9 Å². The van der Waals surface area contributed by atoms with Gasteiger partial charge in [-0.25, -0.2) is 13.1 Å². The molecule has 0 radical (unpaired) electrons. The second-order valence-electron chi connectivity index (χ2n) is 6.04. The number of carbonyl (C=O) groups is 1. The molecule has 24 heavy (non-hydrogen) atoms. The third-order valence-corrected chi connectivity index (χ3v) is 5.63. The number of nitrogens with one attached hydrogen (secondary N) is 2. The second kappa shape index (κ2) is 6.54. The van der Waals surface area contributed by atoms with Crippen LogP contribution in [0.3, 0.4) is 0 Å². The first-order chi connectivity index (χ1) is 11.4. The van der Waals surface area contributed by atoms with Gasteiger partial charge in [0.15, 0.2) is 0 Å². The zero-order chi connectivity index (χ0) is 17.2. The van der Waals surface area contributed by atoms with Crippen LogP contribution in [0, 0.1) is 5.92 Å². The molecule has 1 saturated carbocycles. The summed E-state index contributed by atoms with van der Waals surface area (Å²) in [6, 6.07) is 6.43. The van der Waals surface area contributed by atoms with Gasteiger partial charge in [0, 0.05) is 12.5 Å². The average molecular weight is 351 g/mol. The van der Waals surface area contributed by atoms with E-state index in [1.807, 2.05) is 12.2 Å². The highest BCUT2D eigenvalue weighted by atomic mass is 32.2. The van der Waals surface area contributed by atoms with Gasteiger partial charge in [0.05, 0.1) is 18.9 Å². The van der Waals surface area contributed by atoms with Crippen molar-refractivity contribution in [1.82, 2.24) is 4.72 Å². The molecule has 0 spiro atoms. The van der Waals surface area contributed by atoms with Crippen LogP contribution in [0.5, 0.6) is 0 Å². The number of rotatable bonds is 0. The molecule has 1 aromatic carbocycles. The number of sulfonamides is 1. The van der Waals surface area contributed by atoms with Crippen molar-refractivity contribution in [2.75, 3.05) is 25.1 Å². The van der Waals surface area contributed by atoms with E-state index < -0.39 is 21.5 Å². The van der Waals surface area contributed by atoms with Gasteiger partial charge in [-0.2, -0.15) is 0 Å². The molecule has 130 valence electrons. The molecule has 7 nitrogen and oxygen atoms in total. The molecule has 1 amide bonds. The summed E-state index contributed by atoms with van der Waals surface area (Å²) in [4.78, 5) is 12.4. The number of hydrogen-bond acceptors (Lipinski definition) is 6. The van der Waals surface area contributed by atoms with Crippen LogP contribution in [0.25, 0.3) is 0 Å². The fraction of sp³-hybridized carbons (Fsp3) is 0.438. The van der Waals surface area contributed by atoms with Gasteiger partial charge in [0.25, 0.3) is 15.9 Å². The molecule has 2 aliphatic rings. The summed E-state index contributed by atoms with van der Waals surface area (Å²) in [7, 11) is -4.00. The SMILES string of the molecule is N[C@]12C[C@@H]1/C=C\CCOCCNc1ccccc1S(=O)(=O)NC2=O. The molecule has 2 atom stereocenters. The number of nitrogens with two attached hydrogens (primary N) is 1. The van der Waals surface area contributed by atoms with E-state index in [-0.39, 0.29) is 10.8 Å². The molecular weight excluding hydrogens is 330 g/mol. The van der Waals surface area contributed by atoms with E-state index in [9.17, 15) is 13.2 Å². The molecule has 0 unspecified atom stereocenters. The van der Waals surface area contributed by atoms with Crippen molar-refractivity contribution in [2.45, 2.75) is 23.3 Å². The van der Waals surface area contributed by atoms with Crippen molar-refractivity contribution in [3.63, 3.8) is 0 Å². The molecule has 1 heterocycles.